The zero-order chi connectivity index (χ0) is 26.1. The number of sulfonamides is 1. The number of nitrogens with zero attached hydrogens (tertiary/aromatic N) is 3. The van der Waals surface area contributed by atoms with Crippen LogP contribution in [0.2, 0.25) is 0 Å². The first-order chi connectivity index (χ1) is 16.9. The largest absolute Gasteiger partial charge is 0.416 e. The number of aromatic nitrogens is 2. The van der Waals surface area contributed by atoms with E-state index in [1.54, 1.807) is 12.1 Å². The zero-order valence-corrected chi connectivity index (χ0v) is 21.0. The minimum absolute atomic E-state index is 0.0579. The molecule has 0 spiro atoms. The van der Waals surface area contributed by atoms with Gasteiger partial charge in [0.2, 0.25) is 10.0 Å². The lowest BCUT2D eigenvalue weighted by molar-refractivity contribution is -0.137. The average molecular weight is 520 g/mol. The summed E-state index contributed by atoms with van der Waals surface area (Å²) in [6.07, 6.45) is -2.11. The first-order valence-electron chi connectivity index (χ1n) is 11.6. The molecule has 3 aromatic rings. The van der Waals surface area contributed by atoms with E-state index < -0.39 is 21.8 Å². The molecule has 4 rings (SSSR count). The summed E-state index contributed by atoms with van der Waals surface area (Å²) in [6.45, 7) is 5.17. The van der Waals surface area contributed by atoms with Crippen LogP contribution in [0.4, 0.5) is 36.1 Å². The number of alkyl halides is 3. The first-order valence-corrected chi connectivity index (χ1v) is 13.5. The quantitative estimate of drug-likeness (QED) is 0.457. The summed E-state index contributed by atoms with van der Waals surface area (Å²) in [4.78, 5) is 11.6. The molecule has 7 nitrogen and oxygen atoms in total. The highest BCUT2D eigenvalue weighted by Crippen LogP contribution is 2.33. The lowest BCUT2D eigenvalue weighted by Gasteiger charge is -2.25. The summed E-state index contributed by atoms with van der Waals surface area (Å²) in [5.41, 5.74) is 2.83. The van der Waals surface area contributed by atoms with Gasteiger partial charge in [0.25, 0.3) is 0 Å². The SMILES string of the molecule is CC(C)c1nc2c(c(Nc3ccc(C(F)(F)F)cc3)n1)CCN(c1ccccc1NS(C)(=O)=O)CC2. The molecule has 1 aromatic heterocycles. The molecule has 2 heterocycles. The second kappa shape index (κ2) is 9.96. The number of rotatable bonds is 6. The van der Waals surface area contributed by atoms with E-state index in [4.69, 9.17) is 9.97 Å². The molecule has 0 fully saturated rings. The molecule has 1 aliphatic rings. The van der Waals surface area contributed by atoms with Gasteiger partial charge in [-0.3, -0.25) is 4.72 Å². The third-order valence-electron chi connectivity index (χ3n) is 5.89. The minimum atomic E-state index is -4.40. The number of para-hydroxylation sites is 2. The van der Waals surface area contributed by atoms with Gasteiger partial charge in [0, 0.05) is 36.7 Å². The van der Waals surface area contributed by atoms with Gasteiger partial charge in [-0.25, -0.2) is 18.4 Å². The van der Waals surface area contributed by atoms with Crippen molar-refractivity contribution in [2.24, 2.45) is 0 Å². The van der Waals surface area contributed by atoms with Crippen LogP contribution in [0.3, 0.4) is 0 Å². The highest BCUT2D eigenvalue weighted by molar-refractivity contribution is 7.92. The summed E-state index contributed by atoms with van der Waals surface area (Å²) in [5.74, 6) is 1.28. The van der Waals surface area contributed by atoms with Crippen molar-refractivity contribution in [1.29, 1.82) is 0 Å². The Balaban J connectivity index is 1.65. The van der Waals surface area contributed by atoms with Crippen molar-refractivity contribution < 1.29 is 21.6 Å². The van der Waals surface area contributed by atoms with Gasteiger partial charge in [0.15, 0.2) is 0 Å². The van der Waals surface area contributed by atoms with E-state index in [9.17, 15) is 21.6 Å². The fourth-order valence-corrected chi connectivity index (χ4v) is 4.71. The number of benzene rings is 2. The fraction of sp³-hybridized carbons (Fsp3) is 0.360. The maximum atomic E-state index is 13.0. The van der Waals surface area contributed by atoms with Crippen molar-refractivity contribution in [3.63, 3.8) is 0 Å². The van der Waals surface area contributed by atoms with Crippen LogP contribution in [-0.2, 0) is 29.0 Å². The van der Waals surface area contributed by atoms with Crippen LogP contribution in [0.25, 0.3) is 0 Å². The van der Waals surface area contributed by atoms with Crippen molar-refractivity contribution >= 4 is 32.9 Å². The van der Waals surface area contributed by atoms with E-state index in [0.29, 0.717) is 48.9 Å². The molecule has 0 saturated heterocycles. The van der Waals surface area contributed by atoms with Crippen LogP contribution >= 0.6 is 0 Å². The number of fused-ring (bicyclic) bond motifs is 1. The van der Waals surface area contributed by atoms with Gasteiger partial charge in [-0.2, -0.15) is 13.2 Å². The second-order valence-electron chi connectivity index (χ2n) is 9.09. The molecule has 0 saturated carbocycles. The molecule has 0 amide bonds. The number of nitrogens with one attached hydrogen (secondary N) is 2. The van der Waals surface area contributed by atoms with Gasteiger partial charge >= 0.3 is 6.18 Å². The van der Waals surface area contributed by atoms with E-state index in [0.717, 1.165) is 35.3 Å². The molecule has 2 aromatic carbocycles. The maximum absolute atomic E-state index is 13.0. The molecule has 0 radical (unpaired) electrons. The van der Waals surface area contributed by atoms with Crippen molar-refractivity contribution in [1.82, 2.24) is 9.97 Å². The van der Waals surface area contributed by atoms with Crippen LogP contribution in [0, 0.1) is 0 Å². The predicted molar refractivity (Wildman–Crippen MR) is 135 cm³/mol. The molecule has 36 heavy (non-hydrogen) atoms. The zero-order valence-electron chi connectivity index (χ0n) is 20.2. The van der Waals surface area contributed by atoms with Crippen molar-refractivity contribution in [3.8, 4) is 0 Å². The third kappa shape index (κ3) is 6.07. The van der Waals surface area contributed by atoms with Crippen molar-refractivity contribution in [2.45, 2.75) is 38.8 Å². The average Bonchev–Trinajstić information content (AvgIpc) is 3.01. The van der Waals surface area contributed by atoms with E-state index in [1.165, 1.54) is 12.1 Å². The van der Waals surface area contributed by atoms with Crippen LogP contribution in [0.5, 0.6) is 0 Å². The number of anilines is 4. The molecule has 192 valence electrons. The highest BCUT2D eigenvalue weighted by Gasteiger charge is 2.30. The predicted octanol–water partition coefficient (Wildman–Crippen LogP) is 5.34. The summed E-state index contributed by atoms with van der Waals surface area (Å²) in [5, 5.41) is 3.20. The number of hydrogen-bond acceptors (Lipinski definition) is 6. The van der Waals surface area contributed by atoms with Gasteiger partial charge in [-0.1, -0.05) is 26.0 Å². The summed E-state index contributed by atoms with van der Waals surface area (Å²) < 4.78 is 65.2. The Bertz CT molecular complexity index is 1340. The van der Waals surface area contributed by atoms with Gasteiger partial charge in [0.05, 0.1) is 28.9 Å². The minimum Gasteiger partial charge on any atom is -0.369 e. The summed E-state index contributed by atoms with van der Waals surface area (Å²) in [7, 11) is -3.45. The Kier molecular flexibility index (Phi) is 7.12. The van der Waals surface area contributed by atoms with Gasteiger partial charge in [-0.05, 0) is 42.8 Å². The van der Waals surface area contributed by atoms with Gasteiger partial charge in [0.1, 0.15) is 11.6 Å². The molecule has 2 N–H and O–H groups in total. The summed E-state index contributed by atoms with van der Waals surface area (Å²) in [6, 6.07) is 12.1. The smallest absolute Gasteiger partial charge is 0.369 e. The Hall–Kier alpha value is -3.34. The van der Waals surface area contributed by atoms with E-state index in [-0.39, 0.29) is 5.92 Å². The molecule has 0 unspecified atom stereocenters. The Morgan fingerprint density at radius 1 is 0.972 bits per heavy atom. The topological polar surface area (TPSA) is 87.2 Å². The van der Waals surface area contributed by atoms with E-state index in [2.05, 4.69) is 14.9 Å². The highest BCUT2D eigenvalue weighted by atomic mass is 32.2. The lowest BCUT2D eigenvalue weighted by atomic mass is 10.1. The maximum Gasteiger partial charge on any atom is 0.416 e. The van der Waals surface area contributed by atoms with E-state index in [1.807, 2.05) is 26.0 Å². The summed E-state index contributed by atoms with van der Waals surface area (Å²) >= 11 is 0. The van der Waals surface area contributed by atoms with Gasteiger partial charge in [-0.15, -0.1) is 0 Å². The molecule has 0 bridgehead atoms. The number of halogens is 3. The molecule has 1 aliphatic heterocycles. The van der Waals surface area contributed by atoms with Crippen molar-refractivity contribution in [3.05, 3.63) is 71.2 Å². The fourth-order valence-electron chi connectivity index (χ4n) is 4.14. The van der Waals surface area contributed by atoms with Crippen LogP contribution in [0.15, 0.2) is 48.5 Å². The molecular weight excluding hydrogens is 491 g/mol. The van der Waals surface area contributed by atoms with Gasteiger partial charge < -0.3 is 10.2 Å². The van der Waals surface area contributed by atoms with Crippen LogP contribution in [-0.4, -0.2) is 37.7 Å². The normalized spacial score (nSPS) is 14.4. The lowest BCUT2D eigenvalue weighted by Crippen LogP contribution is -2.27. The first kappa shape index (κ1) is 25.7. The van der Waals surface area contributed by atoms with E-state index >= 15 is 0 Å². The van der Waals surface area contributed by atoms with Crippen LogP contribution in [0.1, 0.15) is 42.4 Å². The van der Waals surface area contributed by atoms with Crippen molar-refractivity contribution in [2.75, 3.05) is 34.3 Å². The standard InChI is InChI=1S/C25H28F3N5O2S/c1-16(2)23-30-20-13-15-33(22-7-5-4-6-21(22)32-36(3,34)35)14-12-19(20)24(31-23)29-18-10-8-17(9-11-18)25(26,27)28/h4-11,16,32H,12-15H2,1-3H3,(H,29,30,31). The third-order valence-corrected chi connectivity index (χ3v) is 6.48. The monoisotopic (exact) mass is 519 g/mol. The Labute approximate surface area is 208 Å². The molecule has 0 atom stereocenters. The van der Waals surface area contributed by atoms with Crippen LogP contribution < -0.4 is 14.9 Å². The molecule has 11 heteroatoms. The molecular formula is C25H28F3N5O2S. The Morgan fingerprint density at radius 2 is 1.64 bits per heavy atom. The molecule has 0 aliphatic carbocycles. The Morgan fingerprint density at radius 3 is 2.28 bits per heavy atom. The second-order valence-corrected chi connectivity index (χ2v) is 10.8. The number of hydrogen-bond donors (Lipinski definition) is 2.